The van der Waals surface area contributed by atoms with E-state index >= 15 is 0 Å². The van der Waals surface area contributed by atoms with Crippen molar-refractivity contribution in [1.82, 2.24) is 9.88 Å². The Morgan fingerprint density at radius 2 is 2.28 bits per heavy atom. The fourth-order valence-electron chi connectivity index (χ4n) is 2.83. The molecule has 25 heavy (non-hydrogen) atoms. The molecule has 0 aliphatic carbocycles. The van der Waals surface area contributed by atoms with Crippen LogP contribution in [-0.2, 0) is 11.2 Å². The van der Waals surface area contributed by atoms with Crippen LogP contribution in [-0.4, -0.2) is 40.1 Å². The molecule has 0 bridgehead atoms. The quantitative estimate of drug-likeness (QED) is 0.874. The third-order valence-corrected chi connectivity index (χ3v) is 5.01. The summed E-state index contributed by atoms with van der Waals surface area (Å²) in [6.07, 6.45) is 3.46. The number of nitrogens with zero attached hydrogens (tertiary/aromatic N) is 2. The van der Waals surface area contributed by atoms with Gasteiger partial charge in [-0.25, -0.2) is 14.2 Å². The smallest absolute Gasteiger partial charge is 0.323 e. The lowest BCUT2D eigenvalue weighted by Crippen LogP contribution is -2.44. The van der Waals surface area contributed by atoms with Gasteiger partial charge in [-0.05, 0) is 30.5 Å². The molecule has 1 aromatic heterocycles. The number of urea groups is 1. The van der Waals surface area contributed by atoms with Crippen molar-refractivity contribution < 1.29 is 19.1 Å². The average molecular weight is 363 g/mol. The van der Waals surface area contributed by atoms with E-state index < -0.39 is 11.9 Å². The number of amides is 2. The number of thiazole rings is 1. The highest BCUT2D eigenvalue weighted by Crippen LogP contribution is 2.23. The predicted octanol–water partition coefficient (Wildman–Crippen LogP) is 3.20. The number of carboxylic acid groups (broad SMARTS) is 1. The number of aromatic nitrogens is 1. The van der Waals surface area contributed by atoms with Gasteiger partial charge in [0.25, 0.3) is 0 Å². The van der Waals surface area contributed by atoms with Crippen molar-refractivity contribution in [3.05, 3.63) is 46.7 Å². The first-order chi connectivity index (χ1) is 12.0. The van der Waals surface area contributed by atoms with E-state index in [1.54, 1.807) is 12.3 Å². The zero-order valence-corrected chi connectivity index (χ0v) is 14.3. The van der Waals surface area contributed by atoms with Crippen molar-refractivity contribution in [2.45, 2.75) is 19.3 Å². The van der Waals surface area contributed by atoms with Crippen molar-refractivity contribution >= 4 is 28.5 Å². The number of anilines is 1. The molecule has 0 spiro atoms. The van der Waals surface area contributed by atoms with E-state index in [-0.39, 0.29) is 18.4 Å². The molecule has 1 atom stereocenters. The summed E-state index contributed by atoms with van der Waals surface area (Å²) in [5.74, 6) is -1.67. The van der Waals surface area contributed by atoms with Crippen LogP contribution in [0.5, 0.6) is 0 Å². The summed E-state index contributed by atoms with van der Waals surface area (Å²) in [6.45, 7) is 0.750. The molecule has 0 radical (unpaired) electrons. The Labute approximate surface area is 148 Å². The molecule has 2 aromatic rings. The highest BCUT2D eigenvalue weighted by Gasteiger charge is 2.28. The second-order valence-corrected chi connectivity index (χ2v) is 7.11. The molecule has 1 unspecified atom stereocenters. The molecule has 132 valence electrons. The number of rotatable bonds is 4. The normalized spacial score (nSPS) is 17.3. The first-order valence-corrected chi connectivity index (χ1v) is 8.81. The van der Waals surface area contributed by atoms with Crippen molar-refractivity contribution in [3.63, 3.8) is 0 Å². The minimum absolute atomic E-state index is 0.211. The number of carbonyl (C=O) groups excluding carboxylic acids is 1. The molecule has 2 N–H and O–H groups in total. The number of likely N-dealkylation sites (tertiary alicyclic amines) is 1. The number of halogens is 1. The van der Waals surface area contributed by atoms with Crippen LogP contribution in [0.1, 0.15) is 23.3 Å². The molecule has 2 amide bonds. The molecule has 1 aromatic carbocycles. The summed E-state index contributed by atoms with van der Waals surface area (Å²) in [4.78, 5) is 30.0. The SMILES string of the molecule is O=C(O)C1CCCN(C(=O)Nc2ncc(Cc3cccc(F)c3)s2)C1. The molecule has 0 saturated carbocycles. The van der Waals surface area contributed by atoms with Crippen LogP contribution >= 0.6 is 11.3 Å². The first kappa shape index (κ1) is 17.3. The zero-order valence-electron chi connectivity index (χ0n) is 13.4. The van der Waals surface area contributed by atoms with Crippen LogP contribution in [0.2, 0.25) is 0 Å². The van der Waals surface area contributed by atoms with Crippen molar-refractivity contribution in [2.75, 3.05) is 18.4 Å². The fraction of sp³-hybridized carbons (Fsp3) is 0.353. The van der Waals surface area contributed by atoms with Gasteiger partial charge in [0.1, 0.15) is 5.82 Å². The standard InChI is InChI=1S/C17H18FN3O3S/c18-13-5-1-3-11(7-13)8-14-9-19-16(25-14)20-17(24)21-6-2-4-12(10-21)15(22)23/h1,3,5,7,9,12H,2,4,6,8,10H2,(H,22,23)(H,19,20,24). The number of benzene rings is 1. The van der Waals surface area contributed by atoms with Crippen LogP contribution in [0.15, 0.2) is 30.5 Å². The largest absolute Gasteiger partial charge is 0.481 e. The Hall–Kier alpha value is -2.48. The van der Waals surface area contributed by atoms with Crippen LogP contribution in [0.3, 0.4) is 0 Å². The molecular formula is C17H18FN3O3S. The lowest BCUT2D eigenvalue weighted by atomic mass is 9.99. The Morgan fingerprint density at radius 3 is 3.04 bits per heavy atom. The minimum atomic E-state index is -0.871. The zero-order chi connectivity index (χ0) is 17.8. The van der Waals surface area contributed by atoms with E-state index in [0.717, 1.165) is 10.4 Å². The summed E-state index contributed by atoms with van der Waals surface area (Å²) in [7, 11) is 0. The predicted molar refractivity (Wildman–Crippen MR) is 92.3 cm³/mol. The summed E-state index contributed by atoms with van der Waals surface area (Å²) in [6, 6.07) is 6.02. The summed E-state index contributed by atoms with van der Waals surface area (Å²) >= 11 is 1.32. The first-order valence-electron chi connectivity index (χ1n) is 7.99. The van der Waals surface area contributed by atoms with Gasteiger partial charge in [-0.3, -0.25) is 10.1 Å². The number of piperidine rings is 1. The Morgan fingerprint density at radius 1 is 1.44 bits per heavy atom. The molecule has 1 aliphatic rings. The van der Waals surface area contributed by atoms with Crippen LogP contribution in [0.4, 0.5) is 14.3 Å². The van der Waals surface area contributed by atoms with E-state index in [2.05, 4.69) is 10.3 Å². The van der Waals surface area contributed by atoms with Gasteiger partial charge in [0.05, 0.1) is 5.92 Å². The molecule has 3 rings (SSSR count). The van der Waals surface area contributed by atoms with Crippen LogP contribution in [0, 0.1) is 11.7 Å². The topological polar surface area (TPSA) is 82.5 Å². The average Bonchev–Trinajstić information content (AvgIpc) is 3.02. The molecule has 8 heteroatoms. The van der Waals surface area contributed by atoms with Crippen molar-refractivity contribution in [1.29, 1.82) is 0 Å². The molecule has 6 nitrogen and oxygen atoms in total. The van der Waals surface area contributed by atoms with Gasteiger partial charge in [0.2, 0.25) is 0 Å². The second-order valence-electron chi connectivity index (χ2n) is 5.99. The Bertz CT molecular complexity index is 780. The Kier molecular flexibility index (Phi) is 5.28. The molecule has 1 aliphatic heterocycles. The monoisotopic (exact) mass is 363 g/mol. The van der Waals surface area contributed by atoms with Crippen LogP contribution in [0.25, 0.3) is 0 Å². The number of hydrogen-bond acceptors (Lipinski definition) is 4. The molecule has 1 fully saturated rings. The highest BCUT2D eigenvalue weighted by atomic mass is 32.1. The van der Waals surface area contributed by atoms with Gasteiger partial charge in [-0.15, -0.1) is 11.3 Å². The van der Waals surface area contributed by atoms with Crippen LogP contribution < -0.4 is 5.32 Å². The number of nitrogens with one attached hydrogen (secondary N) is 1. The van der Waals surface area contributed by atoms with Crippen molar-refractivity contribution in [3.8, 4) is 0 Å². The Balaban J connectivity index is 1.59. The summed E-state index contributed by atoms with van der Waals surface area (Å²) in [5.41, 5.74) is 0.835. The van der Waals surface area contributed by atoms with Gasteiger partial charge in [0.15, 0.2) is 5.13 Å². The number of carbonyl (C=O) groups is 2. The molecular weight excluding hydrogens is 345 g/mol. The number of carboxylic acids is 1. The van der Waals surface area contributed by atoms with E-state index in [0.29, 0.717) is 30.9 Å². The molecule has 1 saturated heterocycles. The van der Waals surface area contributed by atoms with Gasteiger partial charge in [-0.1, -0.05) is 12.1 Å². The van der Waals surface area contributed by atoms with Crippen molar-refractivity contribution in [2.24, 2.45) is 5.92 Å². The summed E-state index contributed by atoms with van der Waals surface area (Å²) < 4.78 is 13.2. The second kappa shape index (κ2) is 7.60. The third-order valence-electron chi connectivity index (χ3n) is 4.09. The van der Waals surface area contributed by atoms with E-state index in [1.807, 2.05) is 6.07 Å². The van der Waals surface area contributed by atoms with E-state index in [9.17, 15) is 14.0 Å². The van der Waals surface area contributed by atoms with Gasteiger partial charge in [0, 0.05) is 30.6 Å². The lowest BCUT2D eigenvalue weighted by molar-refractivity contribution is -0.143. The summed E-state index contributed by atoms with van der Waals surface area (Å²) in [5, 5.41) is 12.3. The fourth-order valence-corrected chi connectivity index (χ4v) is 3.67. The number of aliphatic carboxylic acids is 1. The van der Waals surface area contributed by atoms with Gasteiger partial charge < -0.3 is 10.0 Å². The maximum atomic E-state index is 13.2. The van der Waals surface area contributed by atoms with E-state index in [1.165, 1.54) is 28.4 Å². The number of hydrogen-bond donors (Lipinski definition) is 2. The minimum Gasteiger partial charge on any atom is -0.481 e. The van der Waals surface area contributed by atoms with Gasteiger partial charge >= 0.3 is 12.0 Å². The highest BCUT2D eigenvalue weighted by molar-refractivity contribution is 7.15. The molecule has 2 heterocycles. The third kappa shape index (κ3) is 4.54. The van der Waals surface area contributed by atoms with E-state index in [4.69, 9.17) is 5.11 Å². The lowest BCUT2D eigenvalue weighted by Gasteiger charge is -2.30. The van der Waals surface area contributed by atoms with Gasteiger partial charge in [-0.2, -0.15) is 0 Å². The maximum Gasteiger partial charge on any atom is 0.323 e. The maximum absolute atomic E-state index is 13.2.